The predicted molar refractivity (Wildman–Crippen MR) is 101 cm³/mol. The average Bonchev–Trinajstić information content (AvgIpc) is 2.98. The minimum Gasteiger partial charge on any atom is -0.341 e. The lowest BCUT2D eigenvalue weighted by Crippen LogP contribution is -2.34. The number of hydrogen-bond acceptors (Lipinski definition) is 2. The van der Waals surface area contributed by atoms with Gasteiger partial charge in [-0.2, -0.15) is 0 Å². The fraction of sp³-hybridized carbons (Fsp3) is 0.300. The maximum Gasteiger partial charge on any atom is 0.228 e. The maximum atomic E-state index is 12.7. The van der Waals surface area contributed by atoms with Gasteiger partial charge in [0, 0.05) is 37.6 Å². The number of likely N-dealkylation sites (tertiary alicyclic amines) is 1. The summed E-state index contributed by atoms with van der Waals surface area (Å²) in [5, 5.41) is 0. The molecule has 3 rings (SSSR count). The van der Waals surface area contributed by atoms with Crippen LogP contribution in [0.4, 0.5) is 0 Å². The monoisotopic (exact) mass is 400 g/mol. The van der Waals surface area contributed by atoms with E-state index in [2.05, 4.69) is 15.9 Å². The number of hydrogen-bond donors (Lipinski definition) is 0. The van der Waals surface area contributed by atoms with E-state index in [-0.39, 0.29) is 17.7 Å². The molecule has 1 fully saturated rings. The van der Waals surface area contributed by atoms with Crippen molar-refractivity contribution in [3.8, 4) is 0 Å². The molecule has 0 bridgehead atoms. The van der Waals surface area contributed by atoms with Crippen LogP contribution in [-0.2, 0) is 22.7 Å². The summed E-state index contributed by atoms with van der Waals surface area (Å²) in [6.07, 6.45) is 0.302. The molecule has 5 heteroatoms. The minimum atomic E-state index is -0.253. The highest BCUT2D eigenvalue weighted by Crippen LogP contribution is 2.22. The van der Waals surface area contributed by atoms with E-state index in [9.17, 15) is 9.59 Å². The summed E-state index contributed by atoms with van der Waals surface area (Å²) in [4.78, 5) is 28.5. The van der Waals surface area contributed by atoms with Gasteiger partial charge < -0.3 is 9.80 Å². The third-order valence-electron chi connectivity index (χ3n) is 4.49. The highest BCUT2D eigenvalue weighted by Gasteiger charge is 2.35. The number of benzene rings is 2. The Bertz CT molecular complexity index is 746. The molecule has 0 radical (unpaired) electrons. The SMILES string of the molecule is CN(Cc1ccc(Br)cc1)C(=O)C1CC(=O)N(Cc2ccccc2)C1. The Morgan fingerprint density at radius 1 is 1.12 bits per heavy atom. The van der Waals surface area contributed by atoms with E-state index in [0.29, 0.717) is 26.1 Å². The van der Waals surface area contributed by atoms with Gasteiger partial charge in [0.05, 0.1) is 5.92 Å². The van der Waals surface area contributed by atoms with Gasteiger partial charge in [-0.05, 0) is 23.3 Å². The molecule has 2 aromatic carbocycles. The Kier molecular flexibility index (Phi) is 5.53. The van der Waals surface area contributed by atoms with Gasteiger partial charge >= 0.3 is 0 Å². The van der Waals surface area contributed by atoms with Gasteiger partial charge in [-0.1, -0.05) is 58.4 Å². The molecule has 4 nitrogen and oxygen atoms in total. The molecular formula is C20H21BrN2O2. The van der Waals surface area contributed by atoms with Crippen LogP contribution < -0.4 is 0 Å². The van der Waals surface area contributed by atoms with E-state index in [1.54, 1.807) is 16.8 Å². The van der Waals surface area contributed by atoms with E-state index in [0.717, 1.165) is 15.6 Å². The fourth-order valence-electron chi connectivity index (χ4n) is 3.15. The second-order valence-electron chi connectivity index (χ2n) is 6.48. The highest BCUT2D eigenvalue weighted by atomic mass is 79.9. The maximum absolute atomic E-state index is 12.7. The van der Waals surface area contributed by atoms with E-state index in [4.69, 9.17) is 0 Å². The molecule has 0 spiro atoms. The van der Waals surface area contributed by atoms with Crippen LogP contribution in [-0.4, -0.2) is 35.2 Å². The quantitative estimate of drug-likeness (QED) is 0.770. The average molecular weight is 401 g/mol. The van der Waals surface area contributed by atoms with Crippen LogP contribution in [0.5, 0.6) is 0 Å². The van der Waals surface area contributed by atoms with Crippen molar-refractivity contribution in [3.05, 3.63) is 70.2 Å². The van der Waals surface area contributed by atoms with Gasteiger partial charge in [-0.3, -0.25) is 9.59 Å². The smallest absolute Gasteiger partial charge is 0.228 e. The van der Waals surface area contributed by atoms with Crippen molar-refractivity contribution in [2.24, 2.45) is 5.92 Å². The standard InChI is InChI=1S/C20H21BrN2O2/c1-22(12-16-7-9-18(21)10-8-16)20(25)17-11-19(24)23(14-17)13-15-5-3-2-4-6-15/h2-10,17H,11-14H2,1H3. The van der Waals surface area contributed by atoms with Gasteiger partial charge in [-0.15, -0.1) is 0 Å². The second-order valence-corrected chi connectivity index (χ2v) is 7.40. The summed E-state index contributed by atoms with van der Waals surface area (Å²) in [7, 11) is 1.80. The number of halogens is 1. The first kappa shape index (κ1) is 17.7. The Hall–Kier alpha value is -2.14. The molecule has 0 saturated carbocycles. The van der Waals surface area contributed by atoms with Crippen LogP contribution in [0.15, 0.2) is 59.1 Å². The summed E-state index contributed by atoms with van der Waals surface area (Å²) < 4.78 is 1.02. The van der Waals surface area contributed by atoms with Gasteiger partial charge in [0.1, 0.15) is 0 Å². The third kappa shape index (κ3) is 4.48. The molecular weight excluding hydrogens is 380 g/mol. The lowest BCUT2D eigenvalue weighted by atomic mass is 10.1. The lowest BCUT2D eigenvalue weighted by molar-refractivity contribution is -0.135. The van der Waals surface area contributed by atoms with Crippen LogP contribution in [0.2, 0.25) is 0 Å². The van der Waals surface area contributed by atoms with Crippen LogP contribution in [0.3, 0.4) is 0 Å². The van der Waals surface area contributed by atoms with Crippen LogP contribution in [0.1, 0.15) is 17.5 Å². The molecule has 1 heterocycles. The second kappa shape index (κ2) is 7.83. The number of amides is 2. The van der Waals surface area contributed by atoms with Crippen molar-refractivity contribution in [2.45, 2.75) is 19.5 Å². The molecule has 1 aliphatic rings. The van der Waals surface area contributed by atoms with E-state index >= 15 is 0 Å². The van der Waals surface area contributed by atoms with E-state index < -0.39 is 0 Å². The molecule has 25 heavy (non-hydrogen) atoms. The molecule has 2 aromatic rings. The summed E-state index contributed by atoms with van der Waals surface area (Å²) >= 11 is 3.41. The largest absolute Gasteiger partial charge is 0.341 e. The predicted octanol–water partition coefficient (Wildman–Crippen LogP) is 3.46. The van der Waals surface area contributed by atoms with Crippen LogP contribution in [0.25, 0.3) is 0 Å². The minimum absolute atomic E-state index is 0.0341. The molecule has 130 valence electrons. The highest BCUT2D eigenvalue weighted by molar-refractivity contribution is 9.10. The van der Waals surface area contributed by atoms with Crippen LogP contribution in [0, 0.1) is 5.92 Å². The summed E-state index contributed by atoms with van der Waals surface area (Å²) in [5.74, 6) is -0.164. The Morgan fingerprint density at radius 2 is 1.80 bits per heavy atom. The molecule has 1 saturated heterocycles. The van der Waals surface area contributed by atoms with Crippen molar-refractivity contribution in [2.75, 3.05) is 13.6 Å². The zero-order valence-electron chi connectivity index (χ0n) is 14.2. The van der Waals surface area contributed by atoms with Crippen LogP contribution >= 0.6 is 15.9 Å². The van der Waals surface area contributed by atoms with Crippen molar-refractivity contribution >= 4 is 27.7 Å². The topological polar surface area (TPSA) is 40.6 Å². The zero-order chi connectivity index (χ0) is 17.8. The molecule has 1 atom stereocenters. The van der Waals surface area contributed by atoms with Crippen molar-refractivity contribution < 1.29 is 9.59 Å². The fourth-order valence-corrected chi connectivity index (χ4v) is 3.41. The third-order valence-corrected chi connectivity index (χ3v) is 5.02. The summed E-state index contributed by atoms with van der Waals surface area (Å²) in [6.45, 7) is 1.62. The van der Waals surface area contributed by atoms with Crippen molar-refractivity contribution in [3.63, 3.8) is 0 Å². The zero-order valence-corrected chi connectivity index (χ0v) is 15.8. The number of nitrogens with zero attached hydrogens (tertiary/aromatic N) is 2. The number of carbonyl (C=O) groups excluding carboxylic acids is 2. The molecule has 0 aliphatic carbocycles. The van der Waals surface area contributed by atoms with Crippen molar-refractivity contribution in [1.82, 2.24) is 9.80 Å². The molecule has 2 amide bonds. The first-order chi connectivity index (χ1) is 12.0. The first-order valence-corrected chi connectivity index (χ1v) is 9.13. The molecule has 0 N–H and O–H groups in total. The van der Waals surface area contributed by atoms with Gasteiger partial charge in [0.25, 0.3) is 0 Å². The van der Waals surface area contributed by atoms with Crippen molar-refractivity contribution in [1.29, 1.82) is 0 Å². The van der Waals surface area contributed by atoms with E-state index in [1.807, 2.05) is 54.6 Å². The Labute approximate surface area is 156 Å². The lowest BCUT2D eigenvalue weighted by Gasteiger charge is -2.21. The Balaban J connectivity index is 1.59. The van der Waals surface area contributed by atoms with Gasteiger partial charge in [-0.25, -0.2) is 0 Å². The Morgan fingerprint density at radius 3 is 2.48 bits per heavy atom. The number of carbonyl (C=O) groups is 2. The summed E-state index contributed by atoms with van der Waals surface area (Å²) in [5.41, 5.74) is 2.16. The normalized spacial score (nSPS) is 17.0. The van der Waals surface area contributed by atoms with Gasteiger partial charge in [0.15, 0.2) is 0 Å². The first-order valence-electron chi connectivity index (χ1n) is 8.34. The number of rotatable bonds is 5. The van der Waals surface area contributed by atoms with E-state index in [1.165, 1.54) is 0 Å². The summed E-state index contributed by atoms with van der Waals surface area (Å²) in [6, 6.07) is 17.8. The molecule has 1 unspecified atom stereocenters. The van der Waals surface area contributed by atoms with Gasteiger partial charge in [0.2, 0.25) is 11.8 Å². The molecule has 1 aliphatic heterocycles. The molecule has 0 aromatic heterocycles.